The lowest BCUT2D eigenvalue weighted by Crippen LogP contribution is -2.11. The molecule has 0 atom stereocenters. The van der Waals surface area contributed by atoms with Crippen molar-refractivity contribution in [3.05, 3.63) is 34.8 Å². The summed E-state index contributed by atoms with van der Waals surface area (Å²) in [5.74, 6) is 0.916. The van der Waals surface area contributed by atoms with E-state index in [-0.39, 0.29) is 5.84 Å². The highest BCUT2D eigenvalue weighted by Gasteiger charge is 2.13. The highest BCUT2D eigenvalue weighted by Crippen LogP contribution is 2.30. The Morgan fingerprint density at radius 1 is 1.42 bits per heavy atom. The van der Waals surface area contributed by atoms with E-state index in [0.29, 0.717) is 6.61 Å². The van der Waals surface area contributed by atoms with Gasteiger partial charge in [-0.15, -0.1) is 11.3 Å². The van der Waals surface area contributed by atoms with E-state index >= 15 is 0 Å². The topological polar surface area (TPSA) is 72.0 Å². The van der Waals surface area contributed by atoms with Crippen LogP contribution in [0.15, 0.2) is 24.3 Å². The first-order chi connectivity index (χ1) is 9.15. The van der Waals surface area contributed by atoms with Crippen LogP contribution in [-0.2, 0) is 6.42 Å². The Labute approximate surface area is 116 Å². The first-order valence-corrected chi connectivity index (χ1v) is 7.04. The average Bonchev–Trinajstić information content (AvgIpc) is 2.84. The SMILES string of the molecule is CCOc1cccc(-c2nc(CC)c(C(=N)N)s2)c1. The van der Waals surface area contributed by atoms with Gasteiger partial charge in [-0.05, 0) is 25.5 Å². The molecular formula is C14H17N3OS. The third-order valence-corrected chi connectivity index (χ3v) is 3.85. The monoisotopic (exact) mass is 275 g/mol. The van der Waals surface area contributed by atoms with Gasteiger partial charge < -0.3 is 10.5 Å². The van der Waals surface area contributed by atoms with Crippen LogP contribution in [0.25, 0.3) is 10.6 Å². The molecule has 1 heterocycles. The Kier molecular flexibility index (Phi) is 4.16. The first kappa shape index (κ1) is 13.5. The lowest BCUT2D eigenvalue weighted by molar-refractivity contribution is 0.340. The summed E-state index contributed by atoms with van der Waals surface area (Å²) in [6.07, 6.45) is 0.774. The number of nitrogens with zero attached hydrogens (tertiary/aromatic N) is 1. The summed E-state index contributed by atoms with van der Waals surface area (Å²) in [6, 6.07) is 7.82. The average molecular weight is 275 g/mol. The molecule has 0 saturated carbocycles. The van der Waals surface area contributed by atoms with Crippen LogP contribution in [0.1, 0.15) is 24.4 Å². The van der Waals surface area contributed by atoms with Crippen molar-refractivity contribution in [2.45, 2.75) is 20.3 Å². The molecule has 0 aliphatic rings. The molecule has 0 radical (unpaired) electrons. The number of thiazole rings is 1. The molecule has 1 aromatic carbocycles. The zero-order valence-electron chi connectivity index (χ0n) is 11.1. The number of hydrogen-bond acceptors (Lipinski definition) is 4. The third-order valence-electron chi connectivity index (χ3n) is 2.67. The molecule has 2 aromatic rings. The molecule has 0 spiro atoms. The van der Waals surface area contributed by atoms with E-state index in [0.717, 1.165) is 33.3 Å². The molecule has 0 aliphatic heterocycles. The molecule has 4 nitrogen and oxygen atoms in total. The number of amidine groups is 1. The molecule has 0 fully saturated rings. The van der Waals surface area contributed by atoms with Crippen molar-refractivity contribution in [1.82, 2.24) is 4.98 Å². The maximum atomic E-state index is 7.59. The van der Waals surface area contributed by atoms with Crippen molar-refractivity contribution >= 4 is 17.2 Å². The van der Waals surface area contributed by atoms with Crippen molar-refractivity contribution in [3.8, 4) is 16.3 Å². The zero-order chi connectivity index (χ0) is 13.8. The summed E-state index contributed by atoms with van der Waals surface area (Å²) in [4.78, 5) is 5.33. The van der Waals surface area contributed by atoms with Gasteiger partial charge in [0.2, 0.25) is 0 Å². The highest BCUT2D eigenvalue weighted by molar-refractivity contribution is 7.17. The van der Waals surface area contributed by atoms with Crippen molar-refractivity contribution in [3.63, 3.8) is 0 Å². The zero-order valence-corrected chi connectivity index (χ0v) is 11.9. The van der Waals surface area contributed by atoms with E-state index in [4.69, 9.17) is 15.9 Å². The van der Waals surface area contributed by atoms with Gasteiger partial charge in [0.15, 0.2) is 0 Å². The van der Waals surface area contributed by atoms with Crippen molar-refractivity contribution < 1.29 is 4.74 Å². The molecule has 0 aliphatic carbocycles. The van der Waals surface area contributed by atoms with Gasteiger partial charge in [-0.25, -0.2) is 4.98 Å². The molecule has 2 rings (SSSR count). The van der Waals surface area contributed by atoms with Crippen LogP contribution < -0.4 is 10.5 Å². The van der Waals surface area contributed by atoms with Crippen molar-refractivity contribution in [2.24, 2.45) is 5.73 Å². The Hall–Kier alpha value is -1.88. The predicted octanol–water partition coefficient (Wildman–Crippen LogP) is 3.06. The quantitative estimate of drug-likeness (QED) is 0.650. The minimum atomic E-state index is 0.0848. The minimum Gasteiger partial charge on any atom is -0.494 e. The lowest BCUT2D eigenvalue weighted by Gasteiger charge is -2.03. The van der Waals surface area contributed by atoms with Gasteiger partial charge in [0, 0.05) is 5.56 Å². The van der Waals surface area contributed by atoms with Crippen molar-refractivity contribution in [1.29, 1.82) is 5.41 Å². The largest absolute Gasteiger partial charge is 0.494 e. The van der Waals surface area contributed by atoms with Crippen LogP contribution in [0.4, 0.5) is 0 Å². The maximum absolute atomic E-state index is 7.59. The molecule has 5 heteroatoms. The molecule has 0 bridgehead atoms. The van der Waals surface area contributed by atoms with E-state index in [1.807, 2.05) is 38.1 Å². The number of nitrogens with two attached hydrogens (primary N) is 1. The fourth-order valence-corrected chi connectivity index (χ4v) is 2.82. The second kappa shape index (κ2) is 5.84. The third kappa shape index (κ3) is 2.93. The number of ether oxygens (including phenoxy) is 1. The number of hydrogen-bond donors (Lipinski definition) is 2. The number of benzene rings is 1. The molecule has 100 valence electrons. The summed E-state index contributed by atoms with van der Waals surface area (Å²) >= 11 is 1.46. The fraction of sp³-hybridized carbons (Fsp3) is 0.286. The van der Waals surface area contributed by atoms with E-state index in [1.54, 1.807) is 0 Å². The normalized spacial score (nSPS) is 10.4. The van der Waals surface area contributed by atoms with Crippen LogP contribution in [0.2, 0.25) is 0 Å². The van der Waals surface area contributed by atoms with Crippen LogP contribution in [0.3, 0.4) is 0 Å². The van der Waals surface area contributed by atoms with Gasteiger partial charge in [-0.1, -0.05) is 19.1 Å². The molecule has 0 saturated heterocycles. The first-order valence-electron chi connectivity index (χ1n) is 6.23. The van der Waals surface area contributed by atoms with Gasteiger partial charge in [0.25, 0.3) is 0 Å². The Balaban J connectivity index is 2.41. The van der Waals surface area contributed by atoms with E-state index in [2.05, 4.69) is 4.98 Å². The minimum absolute atomic E-state index is 0.0848. The number of nitrogen functional groups attached to an aromatic ring is 1. The summed E-state index contributed by atoms with van der Waals surface area (Å²) in [5.41, 5.74) is 7.47. The van der Waals surface area contributed by atoms with E-state index in [1.165, 1.54) is 11.3 Å². The molecular weight excluding hydrogens is 258 g/mol. The second-order valence-electron chi connectivity index (χ2n) is 4.02. The molecule has 19 heavy (non-hydrogen) atoms. The summed E-state index contributed by atoms with van der Waals surface area (Å²) < 4.78 is 5.49. The predicted molar refractivity (Wildman–Crippen MR) is 79.1 cm³/mol. The number of aromatic nitrogens is 1. The Morgan fingerprint density at radius 2 is 2.21 bits per heavy atom. The van der Waals surface area contributed by atoms with Crippen molar-refractivity contribution in [2.75, 3.05) is 6.61 Å². The standard InChI is InChI=1S/C14H17N3OS/c1-3-11-12(13(15)16)19-14(17-11)9-6-5-7-10(8-9)18-4-2/h5-8H,3-4H2,1-2H3,(H3,15,16). The van der Waals surface area contributed by atoms with Crippen LogP contribution in [-0.4, -0.2) is 17.4 Å². The van der Waals surface area contributed by atoms with Gasteiger partial charge in [-0.3, -0.25) is 5.41 Å². The Morgan fingerprint density at radius 3 is 2.79 bits per heavy atom. The van der Waals surface area contributed by atoms with Crippen LogP contribution in [0.5, 0.6) is 5.75 Å². The summed E-state index contributed by atoms with van der Waals surface area (Å²) in [5, 5.41) is 8.47. The highest BCUT2D eigenvalue weighted by atomic mass is 32.1. The maximum Gasteiger partial charge on any atom is 0.135 e. The van der Waals surface area contributed by atoms with Gasteiger partial charge >= 0.3 is 0 Å². The van der Waals surface area contributed by atoms with E-state index in [9.17, 15) is 0 Å². The van der Waals surface area contributed by atoms with E-state index < -0.39 is 0 Å². The van der Waals surface area contributed by atoms with Crippen LogP contribution >= 0.6 is 11.3 Å². The van der Waals surface area contributed by atoms with Gasteiger partial charge in [0.1, 0.15) is 16.6 Å². The second-order valence-corrected chi connectivity index (χ2v) is 5.02. The smallest absolute Gasteiger partial charge is 0.135 e. The molecule has 0 unspecified atom stereocenters. The molecule has 0 amide bonds. The summed E-state index contributed by atoms with van der Waals surface area (Å²) in [7, 11) is 0. The summed E-state index contributed by atoms with van der Waals surface area (Å²) in [6.45, 7) is 4.61. The Bertz CT molecular complexity index is 592. The number of rotatable bonds is 5. The van der Waals surface area contributed by atoms with Gasteiger partial charge in [0.05, 0.1) is 17.2 Å². The lowest BCUT2D eigenvalue weighted by atomic mass is 10.2. The van der Waals surface area contributed by atoms with Gasteiger partial charge in [-0.2, -0.15) is 0 Å². The molecule has 3 N–H and O–H groups in total. The molecule has 1 aromatic heterocycles. The fourth-order valence-electron chi connectivity index (χ4n) is 1.81. The number of aryl methyl sites for hydroxylation is 1. The number of nitrogens with one attached hydrogen (secondary N) is 1. The van der Waals surface area contributed by atoms with Crippen LogP contribution in [0, 0.1) is 5.41 Å².